The monoisotopic (exact) mass is 256 g/mol. The molecule has 1 saturated carbocycles. The highest BCUT2D eigenvalue weighted by molar-refractivity contribution is 5.94. The van der Waals surface area contributed by atoms with E-state index in [1.165, 1.54) is 11.1 Å². The zero-order chi connectivity index (χ0) is 13.6. The van der Waals surface area contributed by atoms with Crippen LogP contribution >= 0.6 is 0 Å². The highest BCUT2D eigenvalue weighted by Crippen LogP contribution is 2.52. The maximum absolute atomic E-state index is 12.6. The molecule has 3 rings (SSSR count). The van der Waals surface area contributed by atoms with Crippen LogP contribution in [-0.4, -0.2) is 12.9 Å². The number of fused-ring (bicyclic) bond motifs is 4. The fourth-order valence-corrected chi connectivity index (χ4v) is 3.97. The summed E-state index contributed by atoms with van der Waals surface area (Å²) < 4.78 is 5.31. The second-order valence-electron chi connectivity index (χ2n) is 6.14. The topological polar surface area (TPSA) is 26.3 Å². The Labute approximate surface area is 114 Å². The first-order chi connectivity index (χ1) is 9.05. The predicted octanol–water partition coefficient (Wildman–Crippen LogP) is 3.43. The van der Waals surface area contributed by atoms with E-state index >= 15 is 0 Å². The third kappa shape index (κ3) is 1.81. The molecule has 2 atom stereocenters. The molecule has 0 radical (unpaired) electrons. The molecule has 19 heavy (non-hydrogen) atoms. The van der Waals surface area contributed by atoms with E-state index in [2.05, 4.69) is 18.7 Å². The molecule has 2 aliphatic rings. The lowest BCUT2D eigenvalue weighted by Gasteiger charge is -2.34. The summed E-state index contributed by atoms with van der Waals surface area (Å²) in [6.45, 7) is 6.05. The number of methoxy groups -OCH3 is 1. The standard InChI is InChI=1S/C17H20O2/c1-11(2)9-17-10-12(7-16(17)18)6-13-8-14(19-3)4-5-15(13)17/h4-5,8,12H,1,6-7,9-10H2,2-3H3. The SMILES string of the molecule is C=C(C)CC12CC(CC1=O)Cc1cc(OC)ccc12. The number of hydrogen-bond acceptors (Lipinski definition) is 2. The van der Waals surface area contributed by atoms with Crippen LogP contribution in [0.2, 0.25) is 0 Å². The molecular formula is C17H20O2. The molecule has 0 N–H and O–H groups in total. The molecule has 2 nitrogen and oxygen atoms in total. The van der Waals surface area contributed by atoms with Crippen molar-refractivity contribution in [2.45, 2.75) is 38.0 Å². The highest BCUT2D eigenvalue weighted by atomic mass is 16.5. The quantitative estimate of drug-likeness (QED) is 0.774. The number of benzene rings is 1. The van der Waals surface area contributed by atoms with Gasteiger partial charge in [-0.1, -0.05) is 11.6 Å². The van der Waals surface area contributed by atoms with Gasteiger partial charge in [0.2, 0.25) is 0 Å². The first kappa shape index (κ1) is 12.5. The average Bonchev–Trinajstić information content (AvgIpc) is 2.60. The summed E-state index contributed by atoms with van der Waals surface area (Å²) in [4.78, 5) is 12.6. The summed E-state index contributed by atoms with van der Waals surface area (Å²) in [6.07, 6.45) is 3.53. The molecule has 2 unspecified atom stereocenters. The van der Waals surface area contributed by atoms with Gasteiger partial charge in [0.25, 0.3) is 0 Å². The molecule has 100 valence electrons. The van der Waals surface area contributed by atoms with Crippen LogP contribution < -0.4 is 4.74 Å². The number of ether oxygens (including phenoxy) is 1. The molecule has 0 spiro atoms. The van der Waals surface area contributed by atoms with E-state index in [4.69, 9.17) is 4.74 Å². The van der Waals surface area contributed by atoms with Gasteiger partial charge in [0.1, 0.15) is 11.5 Å². The maximum Gasteiger partial charge on any atom is 0.144 e. The third-order valence-corrected chi connectivity index (χ3v) is 4.59. The van der Waals surface area contributed by atoms with E-state index < -0.39 is 0 Å². The Kier molecular flexibility index (Phi) is 2.77. The summed E-state index contributed by atoms with van der Waals surface area (Å²) in [7, 11) is 1.69. The maximum atomic E-state index is 12.6. The van der Waals surface area contributed by atoms with Crippen molar-refractivity contribution in [3.8, 4) is 5.75 Å². The molecule has 0 saturated heterocycles. The molecular weight excluding hydrogens is 236 g/mol. The summed E-state index contributed by atoms with van der Waals surface area (Å²) in [5.74, 6) is 1.80. The number of allylic oxidation sites excluding steroid dienone is 1. The van der Waals surface area contributed by atoms with E-state index in [-0.39, 0.29) is 5.41 Å². The molecule has 0 aromatic heterocycles. The fraction of sp³-hybridized carbons (Fsp3) is 0.471. The van der Waals surface area contributed by atoms with Gasteiger partial charge in [-0.15, -0.1) is 6.58 Å². The summed E-state index contributed by atoms with van der Waals surface area (Å²) >= 11 is 0. The smallest absolute Gasteiger partial charge is 0.144 e. The van der Waals surface area contributed by atoms with Crippen LogP contribution in [0.15, 0.2) is 30.4 Å². The molecule has 0 aliphatic heterocycles. The van der Waals surface area contributed by atoms with Crippen molar-refractivity contribution in [2.24, 2.45) is 5.92 Å². The third-order valence-electron chi connectivity index (χ3n) is 4.59. The lowest BCUT2D eigenvalue weighted by Crippen LogP contribution is -2.34. The largest absolute Gasteiger partial charge is 0.497 e. The van der Waals surface area contributed by atoms with Crippen LogP contribution in [0, 0.1) is 5.92 Å². The molecule has 0 amide bonds. The van der Waals surface area contributed by atoms with Gasteiger partial charge in [0, 0.05) is 6.42 Å². The van der Waals surface area contributed by atoms with E-state index in [0.29, 0.717) is 11.7 Å². The second-order valence-corrected chi connectivity index (χ2v) is 6.14. The average molecular weight is 256 g/mol. The highest BCUT2D eigenvalue weighted by Gasteiger charge is 2.51. The van der Waals surface area contributed by atoms with Crippen molar-refractivity contribution >= 4 is 5.78 Å². The van der Waals surface area contributed by atoms with Gasteiger partial charge in [-0.25, -0.2) is 0 Å². The van der Waals surface area contributed by atoms with Gasteiger partial charge in [-0.3, -0.25) is 4.79 Å². The number of carbonyl (C=O) groups excluding carboxylic acids is 1. The van der Waals surface area contributed by atoms with Crippen LogP contribution in [0.25, 0.3) is 0 Å². The van der Waals surface area contributed by atoms with E-state index in [1.807, 2.05) is 13.0 Å². The number of carbonyl (C=O) groups is 1. The van der Waals surface area contributed by atoms with Crippen molar-refractivity contribution in [2.75, 3.05) is 7.11 Å². The molecule has 1 aromatic carbocycles. The number of Topliss-reactive ketones (excluding diaryl/α,β-unsaturated/α-hetero) is 1. The normalized spacial score (nSPS) is 28.1. The minimum atomic E-state index is -0.295. The fourth-order valence-electron chi connectivity index (χ4n) is 3.97. The summed E-state index contributed by atoms with van der Waals surface area (Å²) in [6, 6.07) is 6.18. The van der Waals surface area contributed by atoms with Crippen molar-refractivity contribution in [1.29, 1.82) is 0 Å². The molecule has 1 aromatic rings. The molecule has 0 heterocycles. The number of rotatable bonds is 3. The molecule has 1 fully saturated rings. The Morgan fingerprint density at radius 3 is 2.95 bits per heavy atom. The van der Waals surface area contributed by atoms with E-state index in [1.54, 1.807) is 7.11 Å². The van der Waals surface area contributed by atoms with E-state index in [0.717, 1.165) is 37.0 Å². The van der Waals surface area contributed by atoms with Crippen LogP contribution in [0.4, 0.5) is 0 Å². The van der Waals surface area contributed by atoms with Gasteiger partial charge in [-0.05, 0) is 55.4 Å². The zero-order valence-electron chi connectivity index (χ0n) is 11.7. The minimum Gasteiger partial charge on any atom is -0.497 e. The van der Waals surface area contributed by atoms with Gasteiger partial charge in [0.05, 0.1) is 12.5 Å². The van der Waals surface area contributed by atoms with Crippen molar-refractivity contribution in [3.63, 3.8) is 0 Å². The lowest BCUT2D eigenvalue weighted by molar-refractivity contribution is -0.122. The molecule has 2 aliphatic carbocycles. The Morgan fingerprint density at radius 1 is 1.47 bits per heavy atom. The van der Waals surface area contributed by atoms with Gasteiger partial charge in [-0.2, -0.15) is 0 Å². The summed E-state index contributed by atoms with van der Waals surface area (Å²) in [5.41, 5.74) is 3.31. The van der Waals surface area contributed by atoms with Crippen molar-refractivity contribution in [1.82, 2.24) is 0 Å². The van der Waals surface area contributed by atoms with Crippen LogP contribution in [0.5, 0.6) is 5.75 Å². The van der Waals surface area contributed by atoms with Crippen LogP contribution in [0.3, 0.4) is 0 Å². The van der Waals surface area contributed by atoms with E-state index in [9.17, 15) is 4.79 Å². The zero-order valence-corrected chi connectivity index (χ0v) is 11.7. The lowest BCUT2D eigenvalue weighted by atomic mass is 9.68. The number of ketones is 1. The van der Waals surface area contributed by atoms with Gasteiger partial charge in [0.15, 0.2) is 0 Å². The second kappa shape index (κ2) is 4.22. The van der Waals surface area contributed by atoms with Gasteiger partial charge >= 0.3 is 0 Å². The first-order valence-electron chi connectivity index (χ1n) is 6.90. The Bertz CT molecular complexity index is 558. The Morgan fingerprint density at radius 2 is 2.26 bits per heavy atom. The van der Waals surface area contributed by atoms with Gasteiger partial charge < -0.3 is 4.74 Å². The first-order valence-corrected chi connectivity index (χ1v) is 6.90. The van der Waals surface area contributed by atoms with Crippen molar-refractivity contribution in [3.05, 3.63) is 41.5 Å². The van der Waals surface area contributed by atoms with Crippen molar-refractivity contribution < 1.29 is 9.53 Å². The molecule has 2 heteroatoms. The minimum absolute atomic E-state index is 0.295. The van der Waals surface area contributed by atoms with Crippen LogP contribution in [0.1, 0.15) is 37.3 Å². The molecule has 2 bridgehead atoms. The predicted molar refractivity (Wildman–Crippen MR) is 75.5 cm³/mol. The Balaban J connectivity index is 2.13. The van der Waals surface area contributed by atoms with Crippen LogP contribution in [-0.2, 0) is 16.6 Å². The Hall–Kier alpha value is -1.57. The summed E-state index contributed by atoms with van der Waals surface area (Å²) in [5, 5.41) is 0. The number of hydrogen-bond donors (Lipinski definition) is 0.